The summed E-state index contributed by atoms with van der Waals surface area (Å²) in [5.41, 5.74) is 1.25. The van der Waals surface area contributed by atoms with Crippen molar-refractivity contribution in [3.8, 4) is 23.0 Å². The molecule has 1 N–H and O–H groups in total. The number of methoxy groups -OCH3 is 2. The van der Waals surface area contributed by atoms with Crippen LogP contribution in [0.4, 0.5) is 0 Å². The van der Waals surface area contributed by atoms with Crippen LogP contribution in [0, 0.1) is 5.92 Å². The molecule has 5 heteroatoms. The lowest BCUT2D eigenvalue weighted by Crippen LogP contribution is -2.05. The van der Waals surface area contributed by atoms with E-state index in [0.717, 1.165) is 5.56 Å². The third-order valence-corrected chi connectivity index (χ3v) is 3.65. The topological polar surface area (TPSA) is 65.0 Å². The van der Waals surface area contributed by atoms with Crippen LogP contribution in [0.15, 0.2) is 42.5 Å². The molecule has 26 heavy (non-hydrogen) atoms. The van der Waals surface area contributed by atoms with E-state index in [0.29, 0.717) is 29.6 Å². The van der Waals surface area contributed by atoms with Crippen LogP contribution in [0.25, 0.3) is 6.08 Å². The number of phenols is 1. The summed E-state index contributed by atoms with van der Waals surface area (Å²) in [6.07, 6.45) is 3.18. The molecule has 0 atom stereocenters. The van der Waals surface area contributed by atoms with Gasteiger partial charge in [-0.1, -0.05) is 26.0 Å². The Kier molecular flexibility index (Phi) is 6.67. The van der Waals surface area contributed by atoms with Gasteiger partial charge in [0.1, 0.15) is 0 Å². The minimum Gasteiger partial charge on any atom is -0.504 e. The predicted octanol–water partition coefficient (Wildman–Crippen LogP) is 4.34. The molecule has 2 rings (SSSR count). The van der Waals surface area contributed by atoms with Gasteiger partial charge < -0.3 is 19.3 Å². The number of aromatic hydroxyl groups is 1. The number of carbonyl (C=O) groups is 1. The maximum absolute atomic E-state index is 12.3. The Morgan fingerprint density at radius 3 is 2.42 bits per heavy atom. The zero-order chi connectivity index (χ0) is 19.1. The van der Waals surface area contributed by atoms with Crippen LogP contribution in [0.2, 0.25) is 0 Å². The highest BCUT2D eigenvalue weighted by Gasteiger charge is 2.09. The molecule has 0 fully saturated rings. The standard InChI is InChI=1S/C21H24O5/c1-14(2)13-26-21-11-15(6-10-19(21)24-3)5-8-17(22)16-7-9-18(23)20(12-16)25-4/h5-12,14,23H,13H2,1-4H3/b8-5+. The van der Waals surface area contributed by atoms with Crippen molar-refractivity contribution in [2.45, 2.75) is 13.8 Å². The molecule has 0 aliphatic rings. The van der Waals surface area contributed by atoms with Gasteiger partial charge in [0.25, 0.3) is 0 Å². The number of ether oxygens (including phenoxy) is 3. The van der Waals surface area contributed by atoms with E-state index in [-0.39, 0.29) is 17.3 Å². The third-order valence-electron chi connectivity index (χ3n) is 3.65. The first-order chi connectivity index (χ1) is 12.4. The molecule has 0 saturated heterocycles. The SMILES string of the molecule is COc1cc(C(=O)/C=C/c2ccc(OC)c(OCC(C)C)c2)ccc1O. The van der Waals surface area contributed by atoms with Crippen molar-refractivity contribution in [2.75, 3.05) is 20.8 Å². The van der Waals surface area contributed by atoms with Crippen LogP contribution in [-0.4, -0.2) is 31.7 Å². The van der Waals surface area contributed by atoms with Crippen LogP contribution in [0.3, 0.4) is 0 Å². The fraction of sp³-hybridized carbons (Fsp3) is 0.286. The molecule has 0 spiro atoms. The molecule has 0 bridgehead atoms. The number of benzene rings is 2. The monoisotopic (exact) mass is 356 g/mol. The van der Waals surface area contributed by atoms with Crippen LogP contribution in [0.1, 0.15) is 29.8 Å². The number of hydrogen-bond acceptors (Lipinski definition) is 5. The van der Waals surface area contributed by atoms with Gasteiger partial charge in [0.2, 0.25) is 0 Å². The Morgan fingerprint density at radius 2 is 1.77 bits per heavy atom. The van der Waals surface area contributed by atoms with Crippen molar-refractivity contribution < 1.29 is 24.1 Å². The van der Waals surface area contributed by atoms with Crippen LogP contribution >= 0.6 is 0 Å². The lowest BCUT2D eigenvalue weighted by Gasteiger charge is -2.13. The van der Waals surface area contributed by atoms with Crippen molar-refractivity contribution in [3.05, 3.63) is 53.6 Å². The summed E-state index contributed by atoms with van der Waals surface area (Å²) in [7, 11) is 3.03. The largest absolute Gasteiger partial charge is 0.504 e. The molecule has 0 amide bonds. The number of allylic oxidation sites excluding steroid dienone is 1. The first kappa shape index (κ1) is 19.4. The van der Waals surface area contributed by atoms with Crippen LogP contribution in [-0.2, 0) is 0 Å². The van der Waals surface area contributed by atoms with Gasteiger partial charge in [0.15, 0.2) is 28.8 Å². The first-order valence-electron chi connectivity index (χ1n) is 8.34. The van der Waals surface area contributed by atoms with E-state index in [1.165, 1.54) is 25.3 Å². The average molecular weight is 356 g/mol. The van der Waals surface area contributed by atoms with Gasteiger partial charge in [-0.05, 0) is 47.9 Å². The number of rotatable bonds is 8. The molecule has 2 aromatic rings. The third kappa shape index (κ3) is 5.02. The molecule has 2 aromatic carbocycles. The number of phenolic OH excluding ortho intramolecular Hbond substituents is 1. The van der Waals surface area contributed by atoms with E-state index in [1.54, 1.807) is 19.3 Å². The molecule has 0 saturated carbocycles. The summed E-state index contributed by atoms with van der Waals surface area (Å²) < 4.78 is 16.1. The number of carbonyl (C=O) groups excluding carboxylic acids is 1. The Morgan fingerprint density at radius 1 is 1.04 bits per heavy atom. The molecule has 0 aliphatic carbocycles. The second-order valence-electron chi connectivity index (χ2n) is 6.20. The zero-order valence-electron chi connectivity index (χ0n) is 15.5. The Hall–Kier alpha value is -2.95. The molecule has 0 radical (unpaired) electrons. The fourth-order valence-corrected chi connectivity index (χ4v) is 2.27. The van der Waals surface area contributed by atoms with Gasteiger partial charge in [0.05, 0.1) is 20.8 Å². The first-order valence-corrected chi connectivity index (χ1v) is 8.34. The summed E-state index contributed by atoms with van der Waals surface area (Å²) in [6, 6.07) is 9.99. The normalized spacial score (nSPS) is 11.0. The lowest BCUT2D eigenvalue weighted by molar-refractivity contribution is 0.104. The van der Waals surface area contributed by atoms with E-state index in [2.05, 4.69) is 13.8 Å². The number of ketones is 1. The summed E-state index contributed by atoms with van der Waals surface area (Å²) in [5, 5.41) is 9.61. The summed E-state index contributed by atoms with van der Waals surface area (Å²) in [5.74, 6) is 1.75. The van der Waals surface area contributed by atoms with Crippen molar-refractivity contribution >= 4 is 11.9 Å². The van der Waals surface area contributed by atoms with Crippen LogP contribution < -0.4 is 14.2 Å². The van der Waals surface area contributed by atoms with Crippen LogP contribution in [0.5, 0.6) is 23.0 Å². The quantitative estimate of drug-likeness (QED) is 0.563. The highest BCUT2D eigenvalue weighted by atomic mass is 16.5. The molecule has 5 nitrogen and oxygen atoms in total. The number of hydrogen-bond donors (Lipinski definition) is 1. The Balaban J connectivity index is 2.18. The van der Waals surface area contributed by atoms with E-state index in [1.807, 2.05) is 18.2 Å². The highest BCUT2D eigenvalue weighted by Crippen LogP contribution is 2.29. The Labute approximate surface area is 153 Å². The summed E-state index contributed by atoms with van der Waals surface area (Å²) in [4.78, 5) is 12.3. The van der Waals surface area contributed by atoms with E-state index < -0.39 is 0 Å². The predicted molar refractivity (Wildman–Crippen MR) is 101 cm³/mol. The average Bonchev–Trinajstić information content (AvgIpc) is 2.64. The molecule has 0 unspecified atom stereocenters. The van der Waals surface area contributed by atoms with Crippen molar-refractivity contribution in [1.82, 2.24) is 0 Å². The van der Waals surface area contributed by atoms with Crippen molar-refractivity contribution in [1.29, 1.82) is 0 Å². The molecular weight excluding hydrogens is 332 g/mol. The molecule has 0 aliphatic heterocycles. The fourth-order valence-electron chi connectivity index (χ4n) is 2.27. The van der Waals surface area contributed by atoms with Gasteiger partial charge in [-0.15, -0.1) is 0 Å². The van der Waals surface area contributed by atoms with Crippen molar-refractivity contribution in [3.63, 3.8) is 0 Å². The second kappa shape index (κ2) is 8.94. The van der Waals surface area contributed by atoms with Gasteiger partial charge in [-0.2, -0.15) is 0 Å². The van der Waals surface area contributed by atoms with Gasteiger partial charge in [0, 0.05) is 5.56 Å². The van der Waals surface area contributed by atoms with Gasteiger partial charge in [-0.3, -0.25) is 4.79 Å². The van der Waals surface area contributed by atoms with E-state index >= 15 is 0 Å². The summed E-state index contributed by atoms with van der Waals surface area (Å²) >= 11 is 0. The van der Waals surface area contributed by atoms with Crippen molar-refractivity contribution in [2.24, 2.45) is 5.92 Å². The zero-order valence-corrected chi connectivity index (χ0v) is 15.5. The van der Waals surface area contributed by atoms with E-state index in [4.69, 9.17) is 14.2 Å². The molecular formula is C21H24O5. The van der Waals surface area contributed by atoms with Gasteiger partial charge >= 0.3 is 0 Å². The molecule has 0 heterocycles. The maximum atomic E-state index is 12.3. The summed E-state index contributed by atoms with van der Waals surface area (Å²) in [6.45, 7) is 4.72. The minimum atomic E-state index is -0.191. The Bertz CT molecular complexity index is 793. The minimum absolute atomic E-state index is 0.00451. The molecule has 138 valence electrons. The molecule has 0 aromatic heterocycles. The highest BCUT2D eigenvalue weighted by molar-refractivity contribution is 6.07. The lowest BCUT2D eigenvalue weighted by atomic mass is 10.1. The van der Waals surface area contributed by atoms with E-state index in [9.17, 15) is 9.90 Å². The maximum Gasteiger partial charge on any atom is 0.185 e. The smallest absolute Gasteiger partial charge is 0.185 e. The van der Waals surface area contributed by atoms with Gasteiger partial charge in [-0.25, -0.2) is 0 Å². The second-order valence-corrected chi connectivity index (χ2v) is 6.20.